The van der Waals surface area contributed by atoms with Gasteiger partial charge in [0.05, 0.1) is 5.69 Å². The van der Waals surface area contributed by atoms with E-state index in [0.717, 1.165) is 17.5 Å². The van der Waals surface area contributed by atoms with Crippen LogP contribution in [0.4, 0.5) is 6.01 Å². The van der Waals surface area contributed by atoms with Crippen molar-refractivity contribution in [3.8, 4) is 0 Å². The van der Waals surface area contributed by atoms with Crippen LogP contribution in [-0.2, 0) is 0 Å². The highest BCUT2D eigenvalue weighted by atomic mass is 16.4. The molecule has 0 bridgehead atoms. The van der Waals surface area contributed by atoms with Gasteiger partial charge in [-0.05, 0) is 44.4 Å². The maximum Gasteiger partial charge on any atom is 0.294 e. The number of nitrogens with one attached hydrogen (secondary N) is 1. The van der Waals surface area contributed by atoms with Crippen LogP contribution in [-0.4, -0.2) is 11.0 Å². The fraction of sp³-hybridized carbons (Fsp3) is 0.727. The highest BCUT2D eigenvalue weighted by Gasteiger charge is 2.41. The van der Waals surface area contributed by atoms with Gasteiger partial charge >= 0.3 is 0 Å². The van der Waals surface area contributed by atoms with Crippen molar-refractivity contribution in [1.82, 2.24) is 4.98 Å². The van der Waals surface area contributed by atoms with E-state index in [1.54, 1.807) is 6.26 Å². The van der Waals surface area contributed by atoms with E-state index in [2.05, 4.69) is 10.3 Å². The second-order valence-corrected chi connectivity index (χ2v) is 4.64. The number of nitrogens with zero attached hydrogens (tertiary/aromatic N) is 1. The third-order valence-electron chi connectivity index (χ3n) is 3.17. The Kier molecular flexibility index (Phi) is 1.79. The SMILES string of the molecule is Cc1coc(NC(C2CC2)C2CC2)n1. The molecule has 0 radical (unpaired) electrons. The lowest BCUT2D eigenvalue weighted by Gasteiger charge is -2.15. The van der Waals surface area contributed by atoms with Crippen LogP contribution in [0.1, 0.15) is 31.4 Å². The van der Waals surface area contributed by atoms with E-state index in [1.165, 1.54) is 25.7 Å². The van der Waals surface area contributed by atoms with Crippen LogP contribution in [0, 0.1) is 18.8 Å². The van der Waals surface area contributed by atoms with E-state index < -0.39 is 0 Å². The first-order chi connectivity index (χ1) is 6.83. The Balaban J connectivity index is 1.68. The van der Waals surface area contributed by atoms with Crippen molar-refractivity contribution in [2.75, 3.05) is 5.32 Å². The molecular weight excluding hydrogens is 176 g/mol. The Morgan fingerprint density at radius 2 is 2.00 bits per heavy atom. The minimum Gasteiger partial charge on any atom is -0.432 e. The lowest BCUT2D eigenvalue weighted by Crippen LogP contribution is -2.24. The molecule has 76 valence electrons. The number of hydrogen-bond donors (Lipinski definition) is 1. The molecule has 0 amide bonds. The minimum absolute atomic E-state index is 0.632. The number of oxazole rings is 1. The largest absolute Gasteiger partial charge is 0.432 e. The summed E-state index contributed by atoms with van der Waals surface area (Å²) in [6.07, 6.45) is 7.24. The molecular formula is C11H16N2O. The first kappa shape index (κ1) is 8.33. The Labute approximate surface area is 83.9 Å². The van der Waals surface area contributed by atoms with Crippen LogP contribution in [0.15, 0.2) is 10.7 Å². The maximum atomic E-state index is 5.33. The molecule has 1 aromatic rings. The van der Waals surface area contributed by atoms with E-state index in [-0.39, 0.29) is 0 Å². The first-order valence-corrected chi connectivity index (χ1v) is 5.51. The monoisotopic (exact) mass is 192 g/mol. The second-order valence-electron chi connectivity index (χ2n) is 4.64. The van der Waals surface area contributed by atoms with E-state index in [4.69, 9.17) is 4.42 Å². The van der Waals surface area contributed by atoms with Crippen molar-refractivity contribution in [1.29, 1.82) is 0 Å². The predicted octanol–water partition coefficient (Wildman–Crippen LogP) is 2.58. The molecule has 1 aromatic heterocycles. The van der Waals surface area contributed by atoms with Gasteiger partial charge in [0, 0.05) is 6.04 Å². The van der Waals surface area contributed by atoms with Gasteiger partial charge in [-0.15, -0.1) is 0 Å². The highest BCUT2D eigenvalue weighted by Crippen LogP contribution is 2.45. The third kappa shape index (κ3) is 1.63. The zero-order valence-corrected chi connectivity index (χ0v) is 8.49. The van der Waals surface area contributed by atoms with Gasteiger partial charge in [-0.3, -0.25) is 0 Å². The molecule has 0 aromatic carbocycles. The molecule has 0 spiro atoms. The highest BCUT2D eigenvalue weighted by molar-refractivity contribution is 5.25. The maximum absolute atomic E-state index is 5.33. The average molecular weight is 192 g/mol. The molecule has 1 heterocycles. The summed E-state index contributed by atoms with van der Waals surface area (Å²) in [6, 6.07) is 1.35. The summed E-state index contributed by atoms with van der Waals surface area (Å²) in [7, 11) is 0. The summed E-state index contributed by atoms with van der Waals surface area (Å²) in [6.45, 7) is 1.96. The summed E-state index contributed by atoms with van der Waals surface area (Å²) in [4.78, 5) is 4.29. The number of hydrogen-bond acceptors (Lipinski definition) is 3. The smallest absolute Gasteiger partial charge is 0.294 e. The lowest BCUT2D eigenvalue weighted by atomic mass is 10.1. The normalized spacial score (nSPS) is 21.6. The number of anilines is 1. The average Bonchev–Trinajstić information content (AvgIpc) is 3.04. The Morgan fingerprint density at radius 3 is 2.43 bits per heavy atom. The van der Waals surface area contributed by atoms with Gasteiger partial charge in [0.15, 0.2) is 0 Å². The van der Waals surface area contributed by atoms with E-state index in [0.29, 0.717) is 12.1 Å². The fourth-order valence-electron chi connectivity index (χ4n) is 2.09. The standard InChI is InChI=1S/C11H16N2O/c1-7-6-14-11(12-7)13-10(8-2-3-8)9-4-5-9/h6,8-10H,2-5H2,1H3,(H,12,13). The van der Waals surface area contributed by atoms with Gasteiger partial charge in [-0.2, -0.15) is 4.98 Å². The minimum atomic E-state index is 0.632. The molecule has 3 heteroatoms. The number of aromatic nitrogens is 1. The molecule has 14 heavy (non-hydrogen) atoms. The van der Waals surface area contributed by atoms with Gasteiger partial charge in [-0.25, -0.2) is 0 Å². The lowest BCUT2D eigenvalue weighted by molar-refractivity contribution is 0.513. The van der Waals surface area contributed by atoms with E-state index >= 15 is 0 Å². The Hall–Kier alpha value is -0.990. The molecule has 2 fully saturated rings. The molecule has 2 aliphatic carbocycles. The summed E-state index contributed by atoms with van der Waals surface area (Å²) < 4.78 is 5.33. The zero-order valence-electron chi connectivity index (χ0n) is 8.49. The van der Waals surface area contributed by atoms with E-state index in [1.807, 2.05) is 6.92 Å². The summed E-state index contributed by atoms with van der Waals surface area (Å²) >= 11 is 0. The van der Waals surface area contributed by atoms with Crippen LogP contribution < -0.4 is 5.32 Å². The van der Waals surface area contributed by atoms with Crippen molar-refractivity contribution in [2.45, 2.75) is 38.6 Å². The molecule has 0 saturated heterocycles. The Bertz CT molecular complexity index is 314. The van der Waals surface area contributed by atoms with Crippen LogP contribution in [0.2, 0.25) is 0 Å². The molecule has 0 unspecified atom stereocenters. The molecule has 3 rings (SSSR count). The third-order valence-corrected chi connectivity index (χ3v) is 3.17. The molecule has 2 saturated carbocycles. The molecule has 1 N–H and O–H groups in total. The van der Waals surface area contributed by atoms with E-state index in [9.17, 15) is 0 Å². The molecule has 3 nitrogen and oxygen atoms in total. The topological polar surface area (TPSA) is 38.1 Å². The van der Waals surface area contributed by atoms with Gasteiger partial charge in [-0.1, -0.05) is 0 Å². The molecule has 0 atom stereocenters. The van der Waals surface area contributed by atoms with Crippen LogP contribution in [0.3, 0.4) is 0 Å². The summed E-state index contributed by atoms with van der Waals surface area (Å²) in [5.74, 6) is 1.77. The number of aryl methyl sites for hydroxylation is 1. The van der Waals surface area contributed by atoms with Crippen molar-refractivity contribution in [3.63, 3.8) is 0 Å². The first-order valence-electron chi connectivity index (χ1n) is 5.51. The Morgan fingerprint density at radius 1 is 1.36 bits per heavy atom. The molecule has 0 aliphatic heterocycles. The van der Waals surface area contributed by atoms with Gasteiger partial charge in [0.25, 0.3) is 6.01 Å². The van der Waals surface area contributed by atoms with Gasteiger partial charge < -0.3 is 9.73 Å². The number of rotatable bonds is 4. The molecule has 2 aliphatic rings. The van der Waals surface area contributed by atoms with Crippen molar-refractivity contribution < 1.29 is 4.42 Å². The van der Waals surface area contributed by atoms with Gasteiger partial charge in [0.2, 0.25) is 0 Å². The zero-order chi connectivity index (χ0) is 9.54. The second kappa shape index (κ2) is 3.01. The fourth-order valence-corrected chi connectivity index (χ4v) is 2.09. The predicted molar refractivity (Wildman–Crippen MR) is 54.1 cm³/mol. The van der Waals surface area contributed by atoms with Gasteiger partial charge in [0.1, 0.15) is 6.26 Å². The quantitative estimate of drug-likeness (QED) is 0.796. The summed E-state index contributed by atoms with van der Waals surface area (Å²) in [5.41, 5.74) is 0.956. The van der Waals surface area contributed by atoms with Crippen LogP contribution in [0.5, 0.6) is 0 Å². The summed E-state index contributed by atoms with van der Waals surface area (Å²) in [5, 5.41) is 3.45. The van der Waals surface area contributed by atoms with Crippen LogP contribution >= 0.6 is 0 Å². The van der Waals surface area contributed by atoms with Crippen LogP contribution in [0.25, 0.3) is 0 Å². The van der Waals surface area contributed by atoms with Crippen molar-refractivity contribution >= 4 is 6.01 Å². The van der Waals surface area contributed by atoms with Crippen molar-refractivity contribution in [3.05, 3.63) is 12.0 Å². The van der Waals surface area contributed by atoms with Crippen molar-refractivity contribution in [2.24, 2.45) is 11.8 Å².